The Morgan fingerprint density at radius 1 is 0.392 bits per heavy atom. The first-order valence-corrected chi connectivity index (χ1v) is 31.0. The Labute approximate surface area is 475 Å². The van der Waals surface area contributed by atoms with E-state index in [0.717, 1.165) is 30.4 Å². The summed E-state index contributed by atoms with van der Waals surface area (Å²) in [5.74, 6) is 0. The summed E-state index contributed by atoms with van der Waals surface area (Å²) < 4.78 is 10.2. The fraction of sp³-hybridized carbons (Fsp3) is 0.432. The summed E-state index contributed by atoms with van der Waals surface area (Å²) in [6, 6.07) is 42.5. The number of hydrogen-bond donors (Lipinski definition) is 0. The molecule has 0 amide bonds. The van der Waals surface area contributed by atoms with Gasteiger partial charge in [-0.2, -0.15) is 0 Å². The van der Waals surface area contributed by atoms with Gasteiger partial charge in [-0.3, -0.25) is 0 Å². The number of fused-ring (bicyclic) bond motifs is 15. The largest absolute Gasteiger partial charge is 0.455 e. The fourth-order valence-corrected chi connectivity index (χ4v) is 17.7. The minimum absolute atomic E-state index is 0.00229. The summed E-state index contributed by atoms with van der Waals surface area (Å²) in [7, 11) is 0. The number of furan rings is 1. The van der Waals surface area contributed by atoms with Gasteiger partial charge in [0.1, 0.15) is 11.2 Å². The number of rotatable bonds is 2. The van der Waals surface area contributed by atoms with Crippen molar-refractivity contribution in [3.8, 4) is 11.1 Å². The van der Waals surface area contributed by atoms with Gasteiger partial charge in [-0.25, -0.2) is 0 Å². The van der Waals surface area contributed by atoms with Crippen LogP contribution >= 0.6 is 11.3 Å². The molecule has 79 heavy (non-hydrogen) atoms. The van der Waals surface area contributed by atoms with Crippen molar-refractivity contribution in [2.75, 3.05) is 9.71 Å². The smallest absolute Gasteiger partial charge is 0.333 e. The number of para-hydroxylation sites is 1. The number of hydrogen-bond acceptors (Lipinski definition) is 4. The molecule has 2 aliphatic heterocycles. The Bertz CT molecular complexity index is 4180. The van der Waals surface area contributed by atoms with Gasteiger partial charge in [0.05, 0.1) is 0 Å². The lowest BCUT2D eigenvalue weighted by molar-refractivity contribution is 0.332. The molecule has 4 aliphatic carbocycles. The number of anilines is 5. The highest BCUT2D eigenvalue weighted by Crippen LogP contribution is 2.58. The maximum atomic E-state index is 7.42. The molecule has 3 nitrogen and oxygen atoms in total. The Morgan fingerprint density at radius 3 is 1.46 bits per heavy atom. The van der Waals surface area contributed by atoms with E-state index in [-0.39, 0.29) is 50.2 Å². The lowest BCUT2D eigenvalue weighted by Crippen LogP contribution is -2.62. The molecule has 0 radical (unpaired) electrons. The van der Waals surface area contributed by atoms with Crippen LogP contribution < -0.4 is 20.6 Å². The van der Waals surface area contributed by atoms with E-state index in [1.54, 1.807) is 0 Å². The average Bonchev–Trinajstić information content (AvgIpc) is 4.01. The number of thiophene rings is 1. The molecule has 402 valence electrons. The summed E-state index contributed by atoms with van der Waals surface area (Å²) in [5.41, 5.74) is 26.0. The zero-order valence-electron chi connectivity index (χ0n) is 50.3. The highest BCUT2D eigenvalue weighted by Gasteiger charge is 2.51. The highest BCUT2D eigenvalue weighted by atomic mass is 32.1. The molecule has 2 aromatic heterocycles. The zero-order valence-corrected chi connectivity index (χ0v) is 51.1. The second kappa shape index (κ2) is 15.6. The molecule has 0 bridgehead atoms. The number of benzene rings is 7. The van der Waals surface area contributed by atoms with E-state index in [2.05, 4.69) is 224 Å². The SMILES string of the molecule is CC1(C)CCC(C)(C)c2cc(N3B4c5cc6c(cc5N(c5ccc7c(c5)C(C)(C)CCC7(C)C)c5cc7c(oc8ccccc87)c(c54)-c4cc5c(cc43)sc3cc4c(cc35)C(C)(C)CCC4(C)C)C(C)(C)CCC6(C)C)ccc21. The molecular formula is C74H81BN2OS. The Hall–Kier alpha value is -5.78. The van der Waals surface area contributed by atoms with E-state index >= 15 is 0 Å². The van der Waals surface area contributed by atoms with Crippen LogP contribution in [0.3, 0.4) is 0 Å². The first-order valence-electron chi connectivity index (χ1n) is 30.2. The molecular weight excluding hydrogens is 976 g/mol. The first kappa shape index (κ1) is 50.2. The van der Waals surface area contributed by atoms with Crippen molar-refractivity contribution in [2.45, 2.75) is 205 Å². The predicted molar refractivity (Wildman–Crippen MR) is 341 cm³/mol. The van der Waals surface area contributed by atoms with Gasteiger partial charge in [-0.1, -0.05) is 147 Å². The van der Waals surface area contributed by atoms with Gasteiger partial charge >= 0.3 is 6.85 Å². The van der Waals surface area contributed by atoms with Crippen molar-refractivity contribution >= 4 is 99.7 Å². The molecule has 0 spiro atoms. The molecule has 9 aromatic rings. The van der Waals surface area contributed by atoms with E-state index in [9.17, 15) is 0 Å². The Morgan fingerprint density at radius 2 is 0.861 bits per heavy atom. The summed E-state index contributed by atoms with van der Waals surface area (Å²) in [6.07, 6.45) is 9.40. The quantitative estimate of drug-likeness (QED) is 0.161. The monoisotopic (exact) mass is 1060 g/mol. The van der Waals surface area contributed by atoms with E-state index in [1.165, 1.54) is 158 Å². The van der Waals surface area contributed by atoms with Gasteiger partial charge in [0.2, 0.25) is 0 Å². The third kappa shape index (κ3) is 6.90. The minimum atomic E-state index is -0.154. The second-order valence-corrected chi connectivity index (χ2v) is 32.2. The van der Waals surface area contributed by atoms with E-state index in [1.807, 2.05) is 11.3 Å². The third-order valence-electron chi connectivity index (χ3n) is 22.3. The van der Waals surface area contributed by atoms with Crippen LogP contribution in [0.4, 0.5) is 28.4 Å². The van der Waals surface area contributed by atoms with Crippen molar-refractivity contribution in [2.24, 2.45) is 0 Å². The maximum absolute atomic E-state index is 7.42. The second-order valence-electron chi connectivity index (χ2n) is 31.1. The molecule has 0 saturated heterocycles. The molecule has 5 heteroatoms. The standard InChI is InChI=1S/C74H81BN2OS/c1-67(2)25-27-69(5,6)51-33-42(21-23-49(51)67)76-59-39-55-54(72(11,12)30-31-73(55,13)14)38-57(59)75-65-60(76)37-47-44-19-17-18-20-61(44)78-66(47)64(65)48-35-45-46-36-53-56(74(15,16)32-29-71(53,9)10)40-62(46)79-63(45)41-58(48)77(75)43-22-24-50-52(34-43)70(7,8)28-26-68(50,3)4/h17-24,33-41H,25-32H2,1-16H3. The lowest BCUT2D eigenvalue weighted by Gasteiger charge is -2.49. The molecule has 6 aliphatic rings. The van der Waals surface area contributed by atoms with Crippen LogP contribution in [0, 0.1) is 0 Å². The highest BCUT2D eigenvalue weighted by molar-refractivity contribution is 7.26. The molecule has 0 saturated carbocycles. The summed E-state index contributed by atoms with van der Waals surface area (Å²) in [4.78, 5) is 5.56. The molecule has 0 N–H and O–H groups in total. The van der Waals surface area contributed by atoms with Crippen LogP contribution in [0.5, 0.6) is 0 Å². The van der Waals surface area contributed by atoms with Crippen LogP contribution in [0.2, 0.25) is 0 Å². The number of nitrogens with zero attached hydrogens (tertiary/aromatic N) is 2. The van der Waals surface area contributed by atoms with Gasteiger partial charge in [-0.15, -0.1) is 11.3 Å². The maximum Gasteiger partial charge on any atom is 0.333 e. The van der Waals surface area contributed by atoms with Crippen LogP contribution in [-0.2, 0) is 43.3 Å². The Balaban J connectivity index is 1.12. The summed E-state index contributed by atoms with van der Waals surface area (Å²) in [6.45, 7) is 39.6. The van der Waals surface area contributed by atoms with Gasteiger partial charge < -0.3 is 14.1 Å². The minimum Gasteiger partial charge on any atom is -0.455 e. The zero-order chi connectivity index (χ0) is 55.3. The molecule has 7 aromatic carbocycles. The third-order valence-corrected chi connectivity index (χ3v) is 23.4. The average molecular weight is 1060 g/mol. The van der Waals surface area contributed by atoms with Crippen molar-refractivity contribution in [1.29, 1.82) is 0 Å². The van der Waals surface area contributed by atoms with Crippen molar-refractivity contribution < 1.29 is 4.42 Å². The lowest BCUT2D eigenvalue weighted by atomic mass is 9.42. The van der Waals surface area contributed by atoms with Gasteiger partial charge in [-0.05, 0) is 217 Å². The topological polar surface area (TPSA) is 19.6 Å². The van der Waals surface area contributed by atoms with Crippen molar-refractivity contribution in [3.05, 3.63) is 148 Å². The van der Waals surface area contributed by atoms with E-state index in [4.69, 9.17) is 4.42 Å². The van der Waals surface area contributed by atoms with Crippen LogP contribution in [0.25, 0.3) is 53.2 Å². The fourth-order valence-electron chi connectivity index (χ4n) is 16.6. The molecule has 0 fully saturated rings. The Kier molecular flexibility index (Phi) is 9.92. The molecule has 0 atom stereocenters. The van der Waals surface area contributed by atoms with Gasteiger partial charge in [0.15, 0.2) is 0 Å². The predicted octanol–water partition coefficient (Wildman–Crippen LogP) is 20.1. The van der Waals surface area contributed by atoms with Crippen molar-refractivity contribution in [3.63, 3.8) is 0 Å². The van der Waals surface area contributed by atoms with Gasteiger partial charge in [0.25, 0.3) is 0 Å². The molecule has 4 heterocycles. The molecule has 15 rings (SSSR count). The van der Waals surface area contributed by atoms with E-state index in [0.29, 0.717) is 0 Å². The summed E-state index contributed by atoms with van der Waals surface area (Å²) >= 11 is 2.00. The first-order chi connectivity index (χ1) is 37.1. The summed E-state index contributed by atoms with van der Waals surface area (Å²) in [5, 5.41) is 5.08. The van der Waals surface area contributed by atoms with Crippen molar-refractivity contribution in [1.82, 2.24) is 0 Å². The van der Waals surface area contributed by atoms with Crippen LogP contribution in [-0.4, -0.2) is 6.85 Å². The molecule has 0 unspecified atom stereocenters. The van der Waals surface area contributed by atoms with Crippen LogP contribution in [0.1, 0.15) is 207 Å². The van der Waals surface area contributed by atoms with Crippen LogP contribution in [0.15, 0.2) is 108 Å². The van der Waals surface area contributed by atoms with E-state index < -0.39 is 0 Å². The van der Waals surface area contributed by atoms with Gasteiger partial charge in [0, 0.05) is 70.5 Å². The normalized spacial score (nSPS) is 21.7.